The monoisotopic (exact) mass is 602 g/mol. The van der Waals surface area contributed by atoms with Crippen LogP contribution in [0.2, 0.25) is 5.02 Å². The normalized spacial score (nSPS) is 13.1. The lowest BCUT2D eigenvalue weighted by Crippen LogP contribution is -2.36. The average molecular weight is 603 g/mol. The number of aliphatic hydroxyl groups is 1. The molecule has 0 bridgehead atoms. The van der Waals surface area contributed by atoms with Gasteiger partial charge in [0.1, 0.15) is 11.4 Å². The average Bonchev–Trinajstić information content (AvgIpc) is 3.34. The molecule has 224 valence electrons. The largest absolute Gasteiger partial charge is 0.496 e. The summed E-state index contributed by atoms with van der Waals surface area (Å²) >= 11 is 6.88. The summed E-state index contributed by atoms with van der Waals surface area (Å²) in [5, 5.41) is 15.7. The SMILES string of the molecule is COc1cc(C(=O)Nc2cccc(-c3cccc(NC(=O)c4nc5c(n4C)CCN(C(C)C)C5)c3Cl)c2C)ncc1CO. The topological polar surface area (TPSA) is 122 Å². The van der Waals surface area contributed by atoms with Crippen LogP contribution in [-0.4, -0.2) is 56.1 Å². The summed E-state index contributed by atoms with van der Waals surface area (Å²) in [5.74, 6) is -0.0402. The van der Waals surface area contributed by atoms with Crippen LogP contribution in [0.5, 0.6) is 5.75 Å². The third-order valence-corrected chi connectivity index (χ3v) is 8.31. The number of nitrogens with one attached hydrogen (secondary N) is 2. The Hall–Kier alpha value is -4.25. The van der Waals surface area contributed by atoms with E-state index in [1.807, 2.05) is 42.8 Å². The fraction of sp³-hybridized carbons (Fsp3) is 0.312. The van der Waals surface area contributed by atoms with Crippen molar-refractivity contribution in [3.63, 3.8) is 0 Å². The molecule has 11 heteroatoms. The van der Waals surface area contributed by atoms with Crippen molar-refractivity contribution >= 4 is 34.8 Å². The van der Waals surface area contributed by atoms with E-state index >= 15 is 0 Å². The van der Waals surface area contributed by atoms with Crippen LogP contribution in [0, 0.1) is 6.92 Å². The number of carbonyl (C=O) groups excluding carboxylic acids is 2. The van der Waals surface area contributed by atoms with Crippen LogP contribution in [0.15, 0.2) is 48.7 Å². The molecule has 43 heavy (non-hydrogen) atoms. The smallest absolute Gasteiger partial charge is 0.291 e. The van der Waals surface area contributed by atoms with E-state index < -0.39 is 5.91 Å². The highest BCUT2D eigenvalue weighted by Gasteiger charge is 2.27. The number of nitrogens with zero attached hydrogens (tertiary/aromatic N) is 4. The van der Waals surface area contributed by atoms with Crippen molar-refractivity contribution in [3.8, 4) is 16.9 Å². The van der Waals surface area contributed by atoms with Gasteiger partial charge < -0.3 is 25.0 Å². The van der Waals surface area contributed by atoms with Gasteiger partial charge in [0.15, 0.2) is 5.82 Å². The Bertz CT molecular complexity index is 1700. The minimum absolute atomic E-state index is 0.148. The highest BCUT2D eigenvalue weighted by atomic mass is 35.5. The number of halogens is 1. The summed E-state index contributed by atoms with van der Waals surface area (Å²) in [6, 6.07) is 12.9. The van der Waals surface area contributed by atoms with Gasteiger partial charge in [-0.3, -0.25) is 19.5 Å². The lowest BCUT2D eigenvalue weighted by atomic mass is 9.98. The van der Waals surface area contributed by atoms with Crippen LogP contribution in [0.25, 0.3) is 11.1 Å². The third-order valence-electron chi connectivity index (χ3n) is 7.90. The summed E-state index contributed by atoms with van der Waals surface area (Å²) in [6.45, 7) is 7.60. The molecule has 3 heterocycles. The molecule has 0 atom stereocenters. The molecule has 1 aliphatic rings. The number of imidazole rings is 1. The van der Waals surface area contributed by atoms with Gasteiger partial charge in [-0.1, -0.05) is 35.9 Å². The highest BCUT2D eigenvalue weighted by Crippen LogP contribution is 2.38. The first-order valence-corrected chi connectivity index (χ1v) is 14.4. The van der Waals surface area contributed by atoms with Gasteiger partial charge in [0.25, 0.3) is 11.8 Å². The molecule has 0 saturated carbocycles. The van der Waals surface area contributed by atoms with Gasteiger partial charge in [0.2, 0.25) is 0 Å². The van der Waals surface area contributed by atoms with E-state index in [-0.39, 0.29) is 18.2 Å². The third kappa shape index (κ3) is 5.99. The highest BCUT2D eigenvalue weighted by molar-refractivity contribution is 6.36. The van der Waals surface area contributed by atoms with Crippen molar-refractivity contribution in [2.75, 3.05) is 24.3 Å². The molecule has 0 saturated heterocycles. The quantitative estimate of drug-likeness (QED) is 0.253. The molecular weight excluding hydrogens is 568 g/mol. The number of benzene rings is 2. The van der Waals surface area contributed by atoms with E-state index in [4.69, 9.17) is 16.3 Å². The standard InChI is InChI=1S/C32H35ClN6O4/c1-18(2)39-13-12-27-26(16-39)35-30(38(27)4)32(42)37-24-11-7-9-22(29(24)33)21-8-6-10-23(19(21)3)36-31(41)25-14-28(43-5)20(17-40)15-34-25/h6-11,14-15,18,40H,12-13,16-17H2,1-5H3,(H,36,41)(H,37,42). The molecule has 3 N–H and O–H groups in total. The number of hydrogen-bond acceptors (Lipinski definition) is 7. The molecule has 10 nitrogen and oxygen atoms in total. The Balaban J connectivity index is 1.38. The second-order valence-electron chi connectivity index (χ2n) is 10.8. The molecule has 1 aliphatic heterocycles. The number of carbonyl (C=O) groups is 2. The van der Waals surface area contributed by atoms with Gasteiger partial charge in [-0.05, 0) is 44.0 Å². The number of anilines is 2. The molecule has 0 fully saturated rings. The number of methoxy groups -OCH3 is 1. The molecule has 0 radical (unpaired) electrons. The lowest BCUT2D eigenvalue weighted by Gasteiger charge is -2.29. The van der Waals surface area contributed by atoms with Crippen LogP contribution < -0.4 is 15.4 Å². The minimum atomic E-state index is -0.426. The van der Waals surface area contributed by atoms with Crippen molar-refractivity contribution in [2.24, 2.45) is 7.05 Å². The molecule has 0 unspecified atom stereocenters. The number of fused-ring (bicyclic) bond motifs is 1. The number of amides is 2. The molecule has 0 aliphatic carbocycles. The molecule has 5 rings (SSSR count). The summed E-state index contributed by atoms with van der Waals surface area (Å²) in [7, 11) is 3.34. The van der Waals surface area contributed by atoms with Crippen LogP contribution in [0.1, 0.15) is 57.5 Å². The van der Waals surface area contributed by atoms with Crippen molar-refractivity contribution < 1.29 is 19.4 Å². The van der Waals surface area contributed by atoms with Crippen LogP contribution in [0.4, 0.5) is 11.4 Å². The van der Waals surface area contributed by atoms with Gasteiger partial charge in [-0.2, -0.15) is 0 Å². The number of aromatic nitrogens is 3. The van der Waals surface area contributed by atoms with E-state index in [2.05, 4.69) is 39.3 Å². The zero-order valence-electron chi connectivity index (χ0n) is 24.9. The maximum Gasteiger partial charge on any atom is 0.291 e. The predicted octanol–water partition coefficient (Wildman–Crippen LogP) is 5.22. The van der Waals surface area contributed by atoms with Gasteiger partial charge in [0, 0.05) is 67.4 Å². The Morgan fingerprint density at radius 3 is 2.49 bits per heavy atom. The van der Waals surface area contributed by atoms with Crippen LogP contribution in [-0.2, 0) is 26.6 Å². The fourth-order valence-electron chi connectivity index (χ4n) is 5.35. The van der Waals surface area contributed by atoms with E-state index in [1.165, 1.54) is 19.4 Å². The van der Waals surface area contributed by atoms with Crippen LogP contribution >= 0.6 is 11.6 Å². The van der Waals surface area contributed by atoms with Crippen molar-refractivity contribution in [1.82, 2.24) is 19.4 Å². The first-order chi connectivity index (χ1) is 20.6. The maximum absolute atomic E-state index is 13.4. The Labute approximate surface area is 255 Å². The number of rotatable bonds is 8. The maximum atomic E-state index is 13.4. The second-order valence-corrected chi connectivity index (χ2v) is 11.2. The summed E-state index contributed by atoms with van der Waals surface area (Å²) in [6.07, 6.45) is 2.25. The van der Waals surface area contributed by atoms with Crippen LogP contribution in [0.3, 0.4) is 0 Å². The molecule has 2 aromatic heterocycles. The number of hydrogen-bond donors (Lipinski definition) is 3. The molecule has 4 aromatic rings. The first kappa shape index (κ1) is 30.2. The Morgan fingerprint density at radius 2 is 1.79 bits per heavy atom. The Morgan fingerprint density at radius 1 is 1.09 bits per heavy atom. The zero-order chi connectivity index (χ0) is 30.8. The molecule has 2 amide bonds. The number of pyridine rings is 1. The molecule has 0 spiro atoms. The summed E-state index contributed by atoms with van der Waals surface area (Å²) in [5.41, 5.74) is 5.96. The van der Waals surface area contributed by atoms with E-state index in [0.717, 1.165) is 35.5 Å². The molecule has 2 aromatic carbocycles. The van der Waals surface area contributed by atoms with Crippen molar-refractivity contribution in [1.29, 1.82) is 0 Å². The second kappa shape index (κ2) is 12.5. The van der Waals surface area contributed by atoms with Gasteiger partial charge in [0.05, 0.1) is 30.1 Å². The Kier molecular flexibility index (Phi) is 8.82. The minimum Gasteiger partial charge on any atom is -0.496 e. The lowest BCUT2D eigenvalue weighted by molar-refractivity contribution is 0.100. The van der Waals surface area contributed by atoms with E-state index in [9.17, 15) is 14.7 Å². The van der Waals surface area contributed by atoms with Gasteiger partial charge in [-0.15, -0.1) is 0 Å². The summed E-state index contributed by atoms with van der Waals surface area (Å²) < 4.78 is 7.14. The predicted molar refractivity (Wildman–Crippen MR) is 167 cm³/mol. The van der Waals surface area contributed by atoms with E-state index in [1.54, 1.807) is 12.1 Å². The number of ether oxygens (including phenoxy) is 1. The van der Waals surface area contributed by atoms with Gasteiger partial charge in [-0.25, -0.2) is 4.98 Å². The first-order valence-electron chi connectivity index (χ1n) is 14.1. The summed E-state index contributed by atoms with van der Waals surface area (Å²) in [4.78, 5) is 37.6. The van der Waals surface area contributed by atoms with Crippen molar-refractivity contribution in [2.45, 2.75) is 46.4 Å². The van der Waals surface area contributed by atoms with Gasteiger partial charge >= 0.3 is 0 Å². The fourth-order valence-corrected chi connectivity index (χ4v) is 5.63. The molecular formula is C32H35ClN6O4. The van der Waals surface area contributed by atoms with E-state index in [0.29, 0.717) is 51.7 Å². The number of aliphatic hydroxyl groups excluding tert-OH is 1. The zero-order valence-corrected chi connectivity index (χ0v) is 25.6. The van der Waals surface area contributed by atoms with Crippen molar-refractivity contribution in [3.05, 3.63) is 87.7 Å².